The van der Waals surface area contributed by atoms with Crippen molar-refractivity contribution in [1.82, 2.24) is 0 Å². The van der Waals surface area contributed by atoms with Crippen LogP contribution in [0.3, 0.4) is 0 Å². The van der Waals surface area contributed by atoms with Gasteiger partial charge < -0.3 is 0 Å². The smallest absolute Gasteiger partial charge is 0 e. The van der Waals surface area contributed by atoms with Crippen molar-refractivity contribution in [2.45, 2.75) is 13.8 Å². The number of hydrogen-bond donors (Lipinski definition) is 0. The molecule has 0 spiro atoms. The van der Waals surface area contributed by atoms with E-state index in [1.807, 2.05) is 12.1 Å². The molecular weight excluding hydrogens is 257 g/mol. The first kappa shape index (κ1) is 12.6. The summed E-state index contributed by atoms with van der Waals surface area (Å²) in [4.78, 5) is 0. The minimum Gasteiger partial charge on any atom is -0.226 e. The summed E-state index contributed by atoms with van der Waals surface area (Å²) in [5, 5.41) is 0. The summed E-state index contributed by atoms with van der Waals surface area (Å²) >= 11 is 0. The van der Waals surface area contributed by atoms with Gasteiger partial charge in [-0.3, -0.25) is 0 Å². The molecule has 0 fully saturated rings. The van der Waals surface area contributed by atoms with Gasteiger partial charge in [0.15, 0.2) is 0 Å². The van der Waals surface area contributed by atoms with Crippen LogP contribution in [0.5, 0.6) is 0 Å². The van der Waals surface area contributed by atoms with Gasteiger partial charge in [0, 0.05) is 32.7 Å². The SMILES string of the molecule is Cc1cc[c-]c(-c2[c-]ccc(C)c2)c1.[Y]. The van der Waals surface area contributed by atoms with Crippen LogP contribution in [0, 0.1) is 26.0 Å². The standard InChI is InChI=1S/C14H12.Y/c1-11-5-3-7-13(9-11)14-8-4-6-12(2)10-14;/h3-6,9-10H,1-2H3;/q-2;. The Bertz CT molecular complexity index is 403. The van der Waals surface area contributed by atoms with Crippen molar-refractivity contribution in [1.29, 1.82) is 0 Å². The number of aryl methyl sites for hydroxylation is 2. The summed E-state index contributed by atoms with van der Waals surface area (Å²) in [6, 6.07) is 18.7. The summed E-state index contributed by atoms with van der Waals surface area (Å²) in [7, 11) is 0. The molecule has 2 aromatic rings. The maximum atomic E-state index is 3.22. The van der Waals surface area contributed by atoms with Crippen LogP contribution in [0.25, 0.3) is 11.1 Å². The number of hydrogen-bond acceptors (Lipinski definition) is 0. The van der Waals surface area contributed by atoms with E-state index in [-0.39, 0.29) is 32.7 Å². The minimum atomic E-state index is 0. The second-order valence-electron chi connectivity index (χ2n) is 3.56. The molecule has 0 unspecified atom stereocenters. The maximum absolute atomic E-state index is 3.22. The molecule has 1 heteroatoms. The Balaban J connectivity index is 0.00000112. The van der Waals surface area contributed by atoms with Crippen LogP contribution >= 0.6 is 0 Å². The van der Waals surface area contributed by atoms with Crippen molar-refractivity contribution in [3.63, 3.8) is 0 Å². The van der Waals surface area contributed by atoms with Crippen LogP contribution in [0.4, 0.5) is 0 Å². The number of benzene rings is 2. The van der Waals surface area contributed by atoms with E-state index in [4.69, 9.17) is 0 Å². The maximum Gasteiger partial charge on any atom is 0 e. The van der Waals surface area contributed by atoms with Crippen molar-refractivity contribution < 1.29 is 32.7 Å². The fraction of sp³-hybridized carbons (Fsp3) is 0.143. The van der Waals surface area contributed by atoms with Crippen LogP contribution in [-0.2, 0) is 32.7 Å². The predicted octanol–water partition coefficient (Wildman–Crippen LogP) is 3.57. The third-order valence-electron chi connectivity index (χ3n) is 2.20. The first-order chi connectivity index (χ1) is 6.75. The van der Waals surface area contributed by atoms with Crippen molar-refractivity contribution >= 4 is 0 Å². The molecule has 0 amide bonds. The molecule has 15 heavy (non-hydrogen) atoms. The fourth-order valence-corrected chi connectivity index (χ4v) is 1.47. The van der Waals surface area contributed by atoms with Crippen molar-refractivity contribution in [3.05, 3.63) is 59.7 Å². The van der Waals surface area contributed by atoms with Gasteiger partial charge in [0.2, 0.25) is 0 Å². The van der Waals surface area contributed by atoms with E-state index in [1.165, 1.54) is 11.1 Å². The van der Waals surface area contributed by atoms with E-state index in [1.54, 1.807) is 0 Å². The second-order valence-corrected chi connectivity index (χ2v) is 3.56. The molecule has 0 aliphatic rings. The molecule has 0 bridgehead atoms. The van der Waals surface area contributed by atoms with Crippen molar-refractivity contribution in [2.75, 3.05) is 0 Å². The van der Waals surface area contributed by atoms with Crippen LogP contribution in [-0.4, -0.2) is 0 Å². The predicted molar refractivity (Wildman–Crippen MR) is 59.0 cm³/mol. The van der Waals surface area contributed by atoms with Crippen molar-refractivity contribution in [2.24, 2.45) is 0 Å². The topological polar surface area (TPSA) is 0 Å². The Kier molecular flexibility index (Phi) is 4.69. The molecular formula is C14H12Y-2. The minimum absolute atomic E-state index is 0. The third-order valence-corrected chi connectivity index (χ3v) is 2.20. The van der Waals surface area contributed by atoms with E-state index in [2.05, 4.69) is 50.2 Å². The van der Waals surface area contributed by atoms with Gasteiger partial charge in [-0.2, -0.15) is 36.4 Å². The Hall–Kier alpha value is -0.456. The van der Waals surface area contributed by atoms with E-state index in [0.29, 0.717) is 0 Å². The molecule has 0 N–H and O–H groups in total. The fourth-order valence-electron chi connectivity index (χ4n) is 1.47. The zero-order valence-corrected chi connectivity index (χ0v) is 11.9. The van der Waals surface area contributed by atoms with E-state index in [9.17, 15) is 0 Å². The molecule has 73 valence electrons. The van der Waals surface area contributed by atoms with E-state index < -0.39 is 0 Å². The van der Waals surface area contributed by atoms with Crippen LogP contribution in [0.1, 0.15) is 11.1 Å². The van der Waals surface area contributed by atoms with Gasteiger partial charge in [-0.1, -0.05) is 13.8 Å². The molecule has 0 aliphatic carbocycles. The first-order valence-corrected chi connectivity index (χ1v) is 4.73. The zero-order chi connectivity index (χ0) is 9.97. The molecule has 2 rings (SSSR count). The second kappa shape index (κ2) is 5.58. The third kappa shape index (κ3) is 3.26. The largest absolute Gasteiger partial charge is 0.226 e. The molecule has 0 heterocycles. The van der Waals surface area contributed by atoms with E-state index >= 15 is 0 Å². The summed E-state index contributed by atoms with van der Waals surface area (Å²) in [5.41, 5.74) is 4.75. The van der Waals surface area contributed by atoms with E-state index in [0.717, 1.165) is 11.1 Å². The Morgan fingerprint density at radius 3 is 1.53 bits per heavy atom. The molecule has 0 saturated heterocycles. The van der Waals surface area contributed by atoms with Crippen LogP contribution in [0.2, 0.25) is 0 Å². The van der Waals surface area contributed by atoms with Gasteiger partial charge in [-0.05, 0) is 0 Å². The molecule has 1 radical (unpaired) electrons. The van der Waals surface area contributed by atoms with Gasteiger partial charge in [-0.15, -0.1) is 23.3 Å². The zero-order valence-electron chi connectivity index (χ0n) is 9.04. The van der Waals surface area contributed by atoms with Gasteiger partial charge in [0.25, 0.3) is 0 Å². The normalized spacial score (nSPS) is 9.47. The monoisotopic (exact) mass is 269 g/mol. The van der Waals surface area contributed by atoms with Gasteiger partial charge in [0.1, 0.15) is 0 Å². The quantitative estimate of drug-likeness (QED) is 0.694. The average molecular weight is 269 g/mol. The Morgan fingerprint density at radius 2 is 1.20 bits per heavy atom. The summed E-state index contributed by atoms with van der Waals surface area (Å²) in [6.45, 7) is 4.18. The summed E-state index contributed by atoms with van der Waals surface area (Å²) < 4.78 is 0. The summed E-state index contributed by atoms with van der Waals surface area (Å²) in [5.74, 6) is 0. The average Bonchev–Trinajstić information content (AvgIpc) is 2.18. The van der Waals surface area contributed by atoms with Gasteiger partial charge >= 0.3 is 0 Å². The summed E-state index contributed by atoms with van der Waals surface area (Å²) in [6.07, 6.45) is 0. The molecule has 2 aromatic carbocycles. The number of rotatable bonds is 1. The molecule has 0 saturated carbocycles. The van der Waals surface area contributed by atoms with Gasteiger partial charge in [-0.25, -0.2) is 11.1 Å². The molecule has 0 nitrogen and oxygen atoms in total. The Labute approximate surface area is 117 Å². The molecule has 0 aromatic heterocycles. The molecule has 0 aliphatic heterocycles. The van der Waals surface area contributed by atoms with Gasteiger partial charge in [0.05, 0.1) is 0 Å². The first-order valence-electron chi connectivity index (χ1n) is 4.73. The van der Waals surface area contributed by atoms with Crippen molar-refractivity contribution in [3.8, 4) is 11.1 Å². The van der Waals surface area contributed by atoms with Crippen LogP contribution < -0.4 is 0 Å². The van der Waals surface area contributed by atoms with Crippen LogP contribution in [0.15, 0.2) is 36.4 Å². The molecule has 0 atom stereocenters. The Morgan fingerprint density at radius 1 is 0.800 bits per heavy atom.